The predicted molar refractivity (Wildman–Crippen MR) is 79.3 cm³/mol. The summed E-state index contributed by atoms with van der Waals surface area (Å²) in [5.41, 5.74) is 1.99. The maximum Gasteiger partial charge on any atom is 0.328 e. The van der Waals surface area contributed by atoms with Crippen molar-refractivity contribution < 1.29 is 9.59 Å². The first-order valence-electron chi connectivity index (χ1n) is 7.15. The van der Waals surface area contributed by atoms with Crippen molar-refractivity contribution in [3.63, 3.8) is 0 Å². The van der Waals surface area contributed by atoms with E-state index < -0.39 is 0 Å². The summed E-state index contributed by atoms with van der Waals surface area (Å²) in [4.78, 5) is 25.0. The number of nitrogens with zero attached hydrogens (tertiary/aromatic N) is 2. The van der Waals surface area contributed by atoms with Crippen LogP contribution in [0.25, 0.3) is 10.9 Å². The normalized spacial score (nSPS) is 19.7. The van der Waals surface area contributed by atoms with E-state index in [0.717, 1.165) is 29.7 Å². The van der Waals surface area contributed by atoms with Gasteiger partial charge in [-0.1, -0.05) is 6.07 Å². The van der Waals surface area contributed by atoms with Crippen molar-refractivity contribution in [2.75, 3.05) is 24.5 Å². The highest BCUT2D eigenvalue weighted by Crippen LogP contribution is 2.31. The number of carbonyl (C=O) groups excluding carboxylic acids is 2. The van der Waals surface area contributed by atoms with Gasteiger partial charge in [0.2, 0.25) is 5.91 Å². The van der Waals surface area contributed by atoms with Gasteiger partial charge in [-0.05, 0) is 18.2 Å². The molecule has 2 N–H and O–H groups in total. The van der Waals surface area contributed by atoms with E-state index in [4.69, 9.17) is 0 Å². The molecular formula is C15H16N4O2. The smallest absolute Gasteiger partial charge is 0.328 e. The number of urea groups is 1. The number of imide groups is 1. The third kappa shape index (κ3) is 1.91. The molecule has 6 nitrogen and oxygen atoms in total. The minimum absolute atomic E-state index is 0.207. The fourth-order valence-corrected chi connectivity index (χ4v) is 2.99. The number of nitrogens with one attached hydrogen (secondary N) is 2. The van der Waals surface area contributed by atoms with Crippen molar-refractivity contribution >= 4 is 28.5 Å². The van der Waals surface area contributed by atoms with Crippen LogP contribution in [-0.2, 0) is 4.79 Å². The van der Waals surface area contributed by atoms with E-state index in [9.17, 15) is 9.59 Å². The topological polar surface area (TPSA) is 66.4 Å². The summed E-state index contributed by atoms with van der Waals surface area (Å²) in [7, 11) is 0. The molecule has 0 saturated carbocycles. The van der Waals surface area contributed by atoms with Crippen LogP contribution >= 0.6 is 0 Å². The molecule has 4 rings (SSSR count). The summed E-state index contributed by atoms with van der Waals surface area (Å²) in [6, 6.07) is 8.16. The Morgan fingerprint density at radius 1 is 1.14 bits per heavy atom. The van der Waals surface area contributed by atoms with Gasteiger partial charge in [-0.3, -0.25) is 15.0 Å². The van der Waals surface area contributed by atoms with Gasteiger partial charge >= 0.3 is 6.03 Å². The van der Waals surface area contributed by atoms with Crippen molar-refractivity contribution in [1.82, 2.24) is 15.2 Å². The number of benzene rings is 1. The molecule has 2 aromatic rings. The third-order valence-electron chi connectivity index (χ3n) is 4.24. The molecule has 3 heterocycles. The van der Waals surface area contributed by atoms with Gasteiger partial charge in [0.1, 0.15) is 0 Å². The molecule has 2 saturated heterocycles. The third-order valence-corrected chi connectivity index (χ3v) is 4.24. The van der Waals surface area contributed by atoms with Crippen molar-refractivity contribution in [3.05, 3.63) is 30.5 Å². The van der Waals surface area contributed by atoms with Crippen LogP contribution in [0, 0.1) is 0 Å². The van der Waals surface area contributed by atoms with Crippen LogP contribution in [0.15, 0.2) is 30.5 Å². The molecule has 2 fully saturated rings. The first kappa shape index (κ1) is 12.4. The Bertz CT molecular complexity index is 732. The molecule has 0 radical (unpaired) electrons. The quantitative estimate of drug-likeness (QED) is 0.871. The van der Waals surface area contributed by atoms with E-state index in [1.807, 2.05) is 18.2 Å². The summed E-state index contributed by atoms with van der Waals surface area (Å²) in [6.45, 7) is 2.39. The Morgan fingerprint density at radius 2 is 2.00 bits per heavy atom. The average molecular weight is 284 g/mol. The molecule has 6 heteroatoms. The molecule has 108 valence electrons. The van der Waals surface area contributed by atoms with Crippen LogP contribution in [0.5, 0.6) is 0 Å². The van der Waals surface area contributed by atoms with Crippen LogP contribution in [0.1, 0.15) is 12.5 Å². The fourth-order valence-electron chi connectivity index (χ4n) is 2.99. The molecule has 2 aliphatic heterocycles. The Hall–Kier alpha value is -2.34. The summed E-state index contributed by atoms with van der Waals surface area (Å²) >= 11 is 0. The Kier molecular flexibility index (Phi) is 2.71. The second kappa shape index (κ2) is 4.60. The van der Waals surface area contributed by atoms with E-state index in [-0.39, 0.29) is 11.9 Å². The predicted octanol–water partition coefficient (Wildman–Crippen LogP) is 1.23. The number of fused-ring (bicyclic) bond motifs is 1. The molecule has 0 bridgehead atoms. The standard InChI is InChI=1S/C15H16N4O2/c20-14-5-7-19(15(21)17-14)13-3-1-2-12-11(13)4-6-18(12)10-8-16-9-10/h1-4,6,10,16H,5,7-9H2,(H,17,20,21). The fraction of sp³-hybridized carbons (Fsp3) is 0.333. The number of amides is 3. The number of aromatic nitrogens is 1. The molecule has 1 aromatic carbocycles. The Balaban J connectivity index is 1.77. The highest BCUT2D eigenvalue weighted by molar-refractivity contribution is 6.09. The molecule has 21 heavy (non-hydrogen) atoms. The van der Waals surface area contributed by atoms with Gasteiger partial charge in [-0.2, -0.15) is 0 Å². The lowest BCUT2D eigenvalue weighted by atomic mass is 10.1. The van der Waals surface area contributed by atoms with Crippen molar-refractivity contribution in [2.24, 2.45) is 0 Å². The summed E-state index contributed by atoms with van der Waals surface area (Å²) in [6.07, 6.45) is 2.42. The molecule has 3 amide bonds. The van der Waals surface area contributed by atoms with Crippen LogP contribution < -0.4 is 15.5 Å². The number of hydrogen-bond acceptors (Lipinski definition) is 3. The number of carbonyl (C=O) groups is 2. The van der Waals surface area contributed by atoms with Gasteiger partial charge in [-0.15, -0.1) is 0 Å². The highest BCUT2D eigenvalue weighted by Gasteiger charge is 2.26. The highest BCUT2D eigenvalue weighted by atomic mass is 16.2. The van der Waals surface area contributed by atoms with Crippen molar-refractivity contribution in [3.8, 4) is 0 Å². The molecular weight excluding hydrogens is 268 g/mol. The first-order chi connectivity index (χ1) is 10.2. The van der Waals surface area contributed by atoms with Crippen LogP contribution in [0.4, 0.5) is 10.5 Å². The van der Waals surface area contributed by atoms with Crippen LogP contribution in [0.2, 0.25) is 0 Å². The maximum absolute atomic E-state index is 12.0. The number of rotatable bonds is 2. The van der Waals surface area contributed by atoms with Gasteiger partial charge in [0.25, 0.3) is 0 Å². The summed E-state index contributed by atoms with van der Waals surface area (Å²) in [5.74, 6) is -0.207. The largest absolute Gasteiger partial charge is 0.342 e. The monoisotopic (exact) mass is 284 g/mol. The van der Waals surface area contributed by atoms with Crippen molar-refractivity contribution in [1.29, 1.82) is 0 Å². The lowest BCUT2D eigenvalue weighted by Gasteiger charge is -2.30. The molecule has 0 aliphatic carbocycles. The second-order valence-corrected chi connectivity index (χ2v) is 5.50. The van der Waals surface area contributed by atoms with E-state index in [0.29, 0.717) is 19.0 Å². The molecule has 0 spiro atoms. The SMILES string of the molecule is O=C1CCN(c2cccc3c2ccn3C2CNC2)C(=O)N1. The average Bonchev–Trinajstić information content (AvgIpc) is 2.81. The van der Waals surface area contributed by atoms with E-state index >= 15 is 0 Å². The number of anilines is 1. The maximum atomic E-state index is 12.0. The van der Waals surface area contributed by atoms with E-state index in [1.165, 1.54) is 0 Å². The lowest BCUT2D eigenvalue weighted by molar-refractivity contribution is -0.120. The summed E-state index contributed by atoms with van der Waals surface area (Å²) in [5, 5.41) is 6.70. The zero-order chi connectivity index (χ0) is 14.4. The minimum Gasteiger partial charge on any atom is -0.342 e. The molecule has 0 atom stereocenters. The Labute approximate surface area is 121 Å². The summed E-state index contributed by atoms with van der Waals surface area (Å²) < 4.78 is 2.25. The van der Waals surface area contributed by atoms with Crippen LogP contribution in [-0.4, -0.2) is 36.1 Å². The lowest BCUT2D eigenvalue weighted by Crippen LogP contribution is -2.49. The first-order valence-corrected chi connectivity index (χ1v) is 7.15. The zero-order valence-corrected chi connectivity index (χ0v) is 11.5. The zero-order valence-electron chi connectivity index (χ0n) is 11.5. The molecule has 0 unspecified atom stereocenters. The number of hydrogen-bond donors (Lipinski definition) is 2. The molecule has 1 aromatic heterocycles. The van der Waals surface area contributed by atoms with Crippen LogP contribution in [0.3, 0.4) is 0 Å². The molecule has 2 aliphatic rings. The van der Waals surface area contributed by atoms with E-state index in [1.54, 1.807) is 4.90 Å². The second-order valence-electron chi connectivity index (χ2n) is 5.50. The van der Waals surface area contributed by atoms with Gasteiger partial charge in [0.15, 0.2) is 0 Å². The van der Waals surface area contributed by atoms with Gasteiger partial charge < -0.3 is 9.88 Å². The Morgan fingerprint density at radius 3 is 2.71 bits per heavy atom. The minimum atomic E-state index is -0.336. The van der Waals surface area contributed by atoms with Crippen molar-refractivity contribution in [2.45, 2.75) is 12.5 Å². The van der Waals surface area contributed by atoms with Gasteiger partial charge in [-0.25, -0.2) is 4.79 Å². The van der Waals surface area contributed by atoms with Gasteiger partial charge in [0.05, 0.1) is 17.2 Å². The van der Waals surface area contributed by atoms with Gasteiger partial charge in [0, 0.05) is 37.6 Å². The van der Waals surface area contributed by atoms with E-state index in [2.05, 4.69) is 27.5 Å².